The summed E-state index contributed by atoms with van der Waals surface area (Å²) < 4.78 is 27.1. The summed E-state index contributed by atoms with van der Waals surface area (Å²) in [4.78, 5) is 14.7. The predicted molar refractivity (Wildman–Crippen MR) is 97.1 cm³/mol. The van der Waals surface area contributed by atoms with E-state index in [9.17, 15) is 13.2 Å². The first kappa shape index (κ1) is 17.9. The fourth-order valence-corrected chi connectivity index (χ4v) is 4.86. The Morgan fingerprint density at radius 3 is 2.67 bits per heavy atom. The van der Waals surface area contributed by atoms with Crippen molar-refractivity contribution in [3.8, 4) is 0 Å². The van der Waals surface area contributed by atoms with Crippen LogP contribution in [0.2, 0.25) is 0 Å². The molecule has 1 saturated carbocycles. The van der Waals surface area contributed by atoms with Crippen LogP contribution in [-0.4, -0.2) is 44.1 Å². The fraction of sp³-hybridized carbons (Fsp3) is 0.588. The molecule has 5 nitrogen and oxygen atoms in total. The second-order valence-electron chi connectivity index (χ2n) is 6.85. The number of sulfonamides is 1. The number of likely N-dealkylation sites (tertiary alicyclic amines) is 1. The van der Waals surface area contributed by atoms with E-state index in [1.54, 1.807) is 0 Å². The van der Waals surface area contributed by atoms with Gasteiger partial charge in [0.1, 0.15) is 0 Å². The molecular weight excluding hydrogens is 392 g/mol. The molecular formula is C17H23BrN2O3S. The third-order valence-corrected chi connectivity index (χ3v) is 6.21. The molecule has 0 spiro atoms. The van der Waals surface area contributed by atoms with Crippen molar-refractivity contribution in [2.24, 2.45) is 5.92 Å². The van der Waals surface area contributed by atoms with E-state index in [4.69, 9.17) is 0 Å². The van der Waals surface area contributed by atoms with Gasteiger partial charge in [-0.25, -0.2) is 13.1 Å². The molecule has 1 N–H and O–H groups in total. The van der Waals surface area contributed by atoms with Crippen molar-refractivity contribution in [2.45, 2.75) is 44.2 Å². The summed E-state index contributed by atoms with van der Waals surface area (Å²) >= 11 is 3.47. The molecule has 0 radical (unpaired) electrons. The molecule has 2 aliphatic rings. The van der Waals surface area contributed by atoms with Crippen molar-refractivity contribution >= 4 is 31.9 Å². The second-order valence-corrected chi connectivity index (χ2v) is 9.54. The van der Waals surface area contributed by atoms with Gasteiger partial charge < -0.3 is 4.90 Å². The van der Waals surface area contributed by atoms with E-state index in [2.05, 4.69) is 20.7 Å². The molecule has 3 rings (SSSR count). The van der Waals surface area contributed by atoms with E-state index in [1.165, 1.54) is 6.26 Å². The largest absolute Gasteiger partial charge is 0.337 e. The third-order valence-electron chi connectivity index (χ3n) is 4.98. The van der Waals surface area contributed by atoms with Crippen LogP contribution in [0.3, 0.4) is 0 Å². The average molecular weight is 415 g/mol. The molecule has 0 unspecified atom stereocenters. The van der Waals surface area contributed by atoms with Gasteiger partial charge in [-0.15, -0.1) is 0 Å². The maximum absolute atomic E-state index is 12.7. The summed E-state index contributed by atoms with van der Waals surface area (Å²) in [7, 11) is -3.30. The summed E-state index contributed by atoms with van der Waals surface area (Å²) in [6.45, 7) is 0.626. The molecule has 24 heavy (non-hydrogen) atoms. The lowest BCUT2D eigenvalue weighted by atomic mass is 9.84. The molecule has 1 aromatic carbocycles. The fourth-order valence-electron chi connectivity index (χ4n) is 3.59. The van der Waals surface area contributed by atoms with Gasteiger partial charge in [-0.05, 0) is 43.4 Å². The Labute approximate surface area is 152 Å². The maximum atomic E-state index is 12.7. The lowest BCUT2D eigenvalue weighted by Crippen LogP contribution is -2.49. The molecule has 1 aliphatic heterocycles. The van der Waals surface area contributed by atoms with Gasteiger partial charge in [-0.3, -0.25) is 4.79 Å². The van der Waals surface area contributed by atoms with E-state index < -0.39 is 10.0 Å². The minimum Gasteiger partial charge on any atom is -0.337 e. The maximum Gasteiger partial charge on any atom is 0.225 e. The molecule has 0 bridgehead atoms. The predicted octanol–water partition coefficient (Wildman–Crippen LogP) is 2.31. The van der Waals surface area contributed by atoms with Gasteiger partial charge in [0.2, 0.25) is 15.9 Å². The highest BCUT2D eigenvalue weighted by atomic mass is 79.9. The normalized spacial score (nSPS) is 24.8. The van der Waals surface area contributed by atoms with E-state index >= 15 is 0 Å². The molecule has 1 aromatic rings. The quantitative estimate of drug-likeness (QED) is 0.803. The topological polar surface area (TPSA) is 66.5 Å². The van der Waals surface area contributed by atoms with Gasteiger partial charge in [0, 0.05) is 23.0 Å². The molecule has 1 amide bonds. The highest BCUT2D eigenvalue weighted by Crippen LogP contribution is 2.32. The van der Waals surface area contributed by atoms with Gasteiger partial charge in [-0.2, -0.15) is 0 Å². The van der Waals surface area contributed by atoms with Gasteiger partial charge in [0.25, 0.3) is 0 Å². The number of carbonyl (C=O) groups excluding carboxylic acids is 1. The minimum atomic E-state index is -3.30. The standard InChI is InChI=1S/C17H23BrN2O3S/c1-24(22,23)19-15-8-9-20(17(21)13-5-3-6-13)16(15)11-12-4-2-7-14(18)10-12/h2,4,7,10,13,15-16,19H,3,5-6,8-9,11H2,1H3/t15-,16-/m0/s1. The SMILES string of the molecule is CS(=O)(=O)N[C@H]1CCN(C(=O)C2CCC2)[C@H]1Cc1cccc(Br)c1. The molecule has 2 atom stereocenters. The zero-order chi connectivity index (χ0) is 17.3. The minimum absolute atomic E-state index is 0.123. The third kappa shape index (κ3) is 4.18. The molecule has 7 heteroatoms. The smallest absolute Gasteiger partial charge is 0.225 e. The zero-order valence-corrected chi connectivity index (χ0v) is 16.1. The van der Waals surface area contributed by atoms with Gasteiger partial charge in [0.05, 0.1) is 12.3 Å². The van der Waals surface area contributed by atoms with E-state index in [0.717, 1.165) is 29.3 Å². The first-order valence-electron chi connectivity index (χ1n) is 8.36. The van der Waals surface area contributed by atoms with Gasteiger partial charge in [-0.1, -0.05) is 34.5 Å². The Morgan fingerprint density at radius 2 is 2.08 bits per heavy atom. The van der Waals surface area contributed by atoms with Crippen LogP contribution in [0, 0.1) is 5.92 Å². The lowest BCUT2D eigenvalue weighted by molar-refractivity contribution is -0.139. The molecule has 1 heterocycles. The van der Waals surface area contributed by atoms with Crippen LogP contribution in [0.4, 0.5) is 0 Å². The van der Waals surface area contributed by atoms with E-state index in [1.807, 2.05) is 29.2 Å². The number of rotatable bonds is 5. The van der Waals surface area contributed by atoms with Crippen molar-refractivity contribution in [1.29, 1.82) is 0 Å². The second kappa shape index (κ2) is 7.14. The van der Waals surface area contributed by atoms with Crippen molar-refractivity contribution in [3.05, 3.63) is 34.3 Å². The Hall–Kier alpha value is -0.920. The summed E-state index contributed by atoms with van der Waals surface area (Å²) in [5, 5.41) is 0. The number of carbonyl (C=O) groups is 1. The summed E-state index contributed by atoms with van der Waals surface area (Å²) in [5.41, 5.74) is 1.10. The monoisotopic (exact) mass is 414 g/mol. The van der Waals surface area contributed by atoms with E-state index in [0.29, 0.717) is 19.4 Å². The Bertz CT molecular complexity index is 718. The highest BCUT2D eigenvalue weighted by molar-refractivity contribution is 9.10. The Morgan fingerprint density at radius 1 is 1.33 bits per heavy atom. The number of halogens is 1. The van der Waals surface area contributed by atoms with Crippen LogP contribution in [0.25, 0.3) is 0 Å². The summed E-state index contributed by atoms with van der Waals surface area (Å²) in [5.74, 6) is 0.325. The van der Waals surface area contributed by atoms with Crippen LogP contribution in [-0.2, 0) is 21.2 Å². The Kier molecular flexibility index (Phi) is 5.32. The number of nitrogens with one attached hydrogen (secondary N) is 1. The van der Waals surface area contributed by atoms with Crippen molar-refractivity contribution in [1.82, 2.24) is 9.62 Å². The number of hydrogen-bond donors (Lipinski definition) is 1. The zero-order valence-electron chi connectivity index (χ0n) is 13.7. The molecule has 132 valence electrons. The number of amides is 1. The van der Waals surface area contributed by atoms with Crippen LogP contribution < -0.4 is 4.72 Å². The highest BCUT2D eigenvalue weighted by Gasteiger charge is 2.41. The van der Waals surface area contributed by atoms with Crippen LogP contribution in [0.5, 0.6) is 0 Å². The Balaban J connectivity index is 1.81. The van der Waals surface area contributed by atoms with Crippen LogP contribution in [0.15, 0.2) is 28.7 Å². The molecule has 1 saturated heterocycles. The molecule has 2 fully saturated rings. The number of hydrogen-bond acceptors (Lipinski definition) is 3. The average Bonchev–Trinajstić information content (AvgIpc) is 2.77. The van der Waals surface area contributed by atoms with Crippen molar-refractivity contribution in [2.75, 3.05) is 12.8 Å². The van der Waals surface area contributed by atoms with Crippen LogP contribution in [0.1, 0.15) is 31.2 Å². The first-order chi connectivity index (χ1) is 11.3. The molecule has 1 aliphatic carbocycles. The first-order valence-corrected chi connectivity index (χ1v) is 11.0. The van der Waals surface area contributed by atoms with E-state index in [-0.39, 0.29) is 23.9 Å². The van der Waals surface area contributed by atoms with Crippen molar-refractivity contribution in [3.63, 3.8) is 0 Å². The van der Waals surface area contributed by atoms with Crippen molar-refractivity contribution < 1.29 is 13.2 Å². The molecule has 0 aromatic heterocycles. The summed E-state index contributed by atoms with van der Waals surface area (Å²) in [6, 6.07) is 7.63. The van der Waals surface area contributed by atoms with Crippen LogP contribution >= 0.6 is 15.9 Å². The summed E-state index contributed by atoms with van der Waals surface area (Å²) in [6.07, 6.45) is 5.55. The lowest BCUT2D eigenvalue weighted by Gasteiger charge is -2.34. The van der Waals surface area contributed by atoms with Gasteiger partial charge >= 0.3 is 0 Å². The number of benzene rings is 1. The van der Waals surface area contributed by atoms with Gasteiger partial charge in [0.15, 0.2) is 0 Å². The number of nitrogens with zero attached hydrogens (tertiary/aromatic N) is 1.